The second kappa shape index (κ2) is 6.81. The molecule has 0 amide bonds. The van der Waals surface area contributed by atoms with Gasteiger partial charge in [-0.1, -0.05) is 29.3 Å². The van der Waals surface area contributed by atoms with Crippen LogP contribution < -0.4 is 5.32 Å². The van der Waals surface area contributed by atoms with E-state index in [1.54, 1.807) is 12.1 Å². The number of rotatable bonds is 5. The van der Waals surface area contributed by atoms with Gasteiger partial charge in [-0.05, 0) is 49.6 Å². The molecule has 0 spiro atoms. The van der Waals surface area contributed by atoms with Crippen molar-refractivity contribution >= 4 is 21.7 Å². The summed E-state index contributed by atoms with van der Waals surface area (Å²) in [5, 5.41) is 3.33. The fourth-order valence-electron chi connectivity index (χ4n) is 3.08. The fourth-order valence-corrected chi connectivity index (χ4v) is 3.48. The number of benzene rings is 1. The molecule has 1 heterocycles. The summed E-state index contributed by atoms with van der Waals surface area (Å²) in [6, 6.07) is 4.79. The van der Waals surface area contributed by atoms with E-state index in [-0.39, 0.29) is 23.4 Å². The predicted octanol–water partition coefficient (Wildman–Crippen LogP) is 3.87. The minimum atomic E-state index is -0.304. The molecule has 0 saturated carbocycles. The smallest absolute Gasteiger partial charge is 0.144 e. The molecule has 0 aliphatic carbocycles. The number of halogens is 2. The molecule has 110 valence electrons. The van der Waals surface area contributed by atoms with Gasteiger partial charge in [0.25, 0.3) is 0 Å². The predicted molar refractivity (Wildman–Crippen MR) is 82.3 cm³/mol. The average Bonchev–Trinajstić information content (AvgIpc) is 2.44. The van der Waals surface area contributed by atoms with Crippen LogP contribution >= 0.6 is 15.9 Å². The lowest BCUT2D eigenvalue weighted by Gasteiger charge is -2.36. The molecule has 1 atom stereocenters. The van der Waals surface area contributed by atoms with Crippen molar-refractivity contribution in [2.24, 2.45) is 5.41 Å². The Bertz CT molecular complexity index is 478. The highest BCUT2D eigenvalue weighted by Gasteiger charge is 2.38. The summed E-state index contributed by atoms with van der Waals surface area (Å²) in [6.07, 6.45) is 3.99. The third-order valence-electron chi connectivity index (χ3n) is 4.15. The second-order valence-electron chi connectivity index (χ2n) is 5.65. The van der Waals surface area contributed by atoms with Crippen LogP contribution in [0, 0.1) is 11.2 Å². The van der Waals surface area contributed by atoms with E-state index >= 15 is 0 Å². The van der Waals surface area contributed by atoms with Gasteiger partial charge in [-0.25, -0.2) is 4.39 Å². The molecule has 1 aliphatic rings. The molecule has 0 bridgehead atoms. The van der Waals surface area contributed by atoms with Crippen LogP contribution in [0.3, 0.4) is 0 Å². The summed E-state index contributed by atoms with van der Waals surface area (Å²) in [4.78, 5) is 12.7. The van der Waals surface area contributed by atoms with Gasteiger partial charge in [-0.15, -0.1) is 0 Å². The summed E-state index contributed by atoms with van der Waals surface area (Å²) < 4.78 is 14.6. The molecule has 4 heteroatoms. The lowest BCUT2D eigenvalue weighted by molar-refractivity contribution is -0.129. The van der Waals surface area contributed by atoms with E-state index in [4.69, 9.17) is 0 Å². The fraction of sp³-hybridized carbons (Fsp3) is 0.562. The van der Waals surface area contributed by atoms with Crippen molar-refractivity contribution in [2.45, 2.75) is 39.0 Å². The van der Waals surface area contributed by atoms with Crippen LogP contribution in [-0.4, -0.2) is 18.9 Å². The standard InChI is InChI=1S/C16H21BrFNO/c1-2-6-16(7-3-8-19-11-16)15(20)10-12-9-13(17)4-5-14(12)18/h4-5,9,19H,2-3,6-8,10-11H2,1H3. The Morgan fingerprint density at radius 1 is 1.50 bits per heavy atom. The summed E-state index contributed by atoms with van der Waals surface area (Å²) in [7, 11) is 0. The Hall–Kier alpha value is -0.740. The van der Waals surface area contributed by atoms with E-state index in [0.717, 1.165) is 43.2 Å². The Balaban J connectivity index is 2.18. The molecular weight excluding hydrogens is 321 g/mol. The Morgan fingerprint density at radius 2 is 2.30 bits per heavy atom. The molecule has 0 radical (unpaired) electrons. The van der Waals surface area contributed by atoms with Crippen LogP contribution in [0.5, 0.6) is 0 Å². The first-order valence-corrected chi connectivity index (χ1v) is 8.05. The molecule has 2 rings (SSSR count). The van der Waals surface area contributed by atoms with E-state index in [1.807, 2.05) is 0 Å². The molecule has 1 fully saturated rings. The summed E-state index contributed by atoms with van der Waals surface area (Å²) in [5.74, 6) is -0.125. The number of ketones is 1. The summed E-state index contributed by atoms with van der Waals surface area (Å²) in [6.45, 7) is 3.81. The average molecular weight is 342 g/mol. The number of carbonyl (C=O) groups is 1. The number of Topliss-reactive ketones (excluding diaryl/α,β-unsaturated/α-hetero) is 1. The van der Waals surface area contributed by atoms with Gasteiger partial charge in [0.2, 0.25) is 0 Å². The highest BCUT2D eigenvalue weighted by Crippen LogP contribution is 2.34. The molecule has 2 nitrogen and oxygen atoms in total. The Morgan fingerprint density at radius 3 is 2.95 bits per heavy atom. The Labute approximate surface area is 128 Å². The first-order chi connectivity index (χ1) is 9.57. The van der Waals surface area contributed by atoms with Crippen molar-refractivity contribution in [3.05, 3.63) is 34.1 Å². The zero-order valence-electron chi connectivity index (χ0n) is 11.8. The monoisotopic (exact) mass is 341 g/mol. The van der Waals surface area contributed by atoms with Gasteiger partial charge in [0.05, 0.1) is 0 Å². The maximum Gasteiger partial charge on any atom is 0.144 e. The van der Waals surface area contributed by atoms with Crippen molar-refractivity contribution in [2.75, 3.05) is 13.1 Å². The van der Waals surface area contributed by atoms with Gasteiger partial charge in [0.1, 0.15) is 11.6 Å². The number of carbonyl (C=O) groups excluding carboxylic acids is 1. The lowest BCUT2D eigenvalue weighted by atomic mass is 9.72. The quantitative estimate of drug-likeness (QED) is 0.880. The van der Waals surface area contributed by atoms with Crippen LogP contribution in [0.25, 0.3) is 0 Å². The number of hydrogen-bond donors (Lipinski definition) is 1. The topological polar surface area (TPSA) is 29.1 Å². The molecule has 1 saturated heterocycles. The minimum absolute atomic E-state index is 0.170. The highest BCUT2D eigenvalue weighted by atomic mass is 79.9. The molecule has 1 aliphatic heterocycles. The maximum atomic E-state index is 13.8. The van der Waals surface area contributed by atoms with Crippen molar-refractivity contribution in [1.82, 2.24) is 5.32 Å². The van der Waals surface area contributed by atoms with E-state index in [9.17, 15) is 9.18 Å². The Kier molecular flexibility index (Phi) is 5.33. The molecule has 1 unspecified atom stereocenters. The van der Waals surface area contributed by atoms with Gasteiger partial charge in [0.15, 0.2) is 0 Å². The van der Waals surface area contributed by atoms with Crippen molar-refractivity contribution in [1.29, 1.82) is 0 Å². The van der Waals surface area contributed by atoms with E-state index in [0.29, 0.717) is 5.56 Å². The molecule has 1 N–H and O–H groups in total. The highest BCUT2D eigenvalue weighted by molar-refractivity contribution is 9.10. The number of piperidine rings is 1. The maximum absolute atomic E-state index is 13.8. The van der Waals surface area contributed by atoms with Crippen LogP contribution in [-0.2, 0) is 11.2 Å². The van der Waals surface area contributed by atoms with Crippen LogP contribution in [0.2, 0.25) is 0 Å². The lowest BCUT2D eigenvalue weighted by Crippen LogP contribution is -2.46. The van der Waals surface area contributed by atoms with Gasteiger partial charge < -0.3 is 5.32 Å². The van der Waals surface area contributed by atoms with Crippen LogP contribution in [0.15, 0.2) is 22.7 Å². The van der Waals surface area contributed by atoms with E-state index < -0.39 is 0 Å². The summed E-state index contributed by atoms with van der Waals surface area (Å²) >= 11 is 3.34. The van der Waals surface area contributed by atoms with Gasteiger partial charge >= 0.3 is 0 Å². The molecule has 1 aromatic carbocycles. The van der Waals surface area contributed by atoms with Gasteiger partial charge in [-0.3, -0.25) is 4.79 Å². The normalized spacial score (nSPS) is 22.8. The van der Waals surface area contributed by atoms with Crippen molar-refractivity contribution < 1.29 is 9.18 Å². The third-order valence-corrected chi connectivity index (χ3v) is 4.64. The third kappa shape index (κ3) is 3.47. The molecule has 0 aromatic heterocycles. The zero-order valence-corrected chi connectivity index (χ0v) is 13.4. The van der Waals surface area contributed by atoms with Crippen molar-refractivity contribution in [3.8, 4) is 0 Å². The SMILES string of the molecule is CCCC1(C(=O)Cc2cc(Br)ccc2F)CCCNC1. The second-order valence-corrected chi connectivity index (χ2v) is 6.56. The largest absolute Gasteiger partial charge is 0.316 e. The molecule has 20 heavy (non-hydrogen) atoms. The van der Waals surface area contributed by atoms with Crippen LogP contribution in [0.1, 0.15) is 38.2 Å². The van der Waals surface area contributed by atoms with Crippen molar-refractivity contribution in [3.63, 3.8) is 0 Å². The number of hydrogen-bond acceptors (Lipinski definition) is 2. The van der Waals surface area contributed by atoms with E-state index in [1.165, 1.54) is 6.07 Å². The minimum Gasteiger partial charge on any atom is -0.316 e. The molecule has 1 aromatic rings. The first kappa shape index (κ1) is 15.6. The number of nitrogens with one attached hydrogen (secondary N) is 1. The summed E-state index contributed by atoms with van der Waals surface area (Å²) in [5.41, 5.74) is 0.187. The van der Waals surface area contributed by atoms with Gasteiger partial charge in [0, 0.05) is 22.9 Å². The van der Waals surface area contributed by atoms with Crippen LogP contribution in [0.4, 0.5) is 4.39 Å². The zero-order chi connectivity index (χ0) is 14.6. The van der Waals surface area contributed by atoms with Gasteiger partial charge in [-0.2, -0.15) is 0 Å². The first-order valence-electron chi connectivity index (χ1n) is 7.25. The van der Waals surface area contributed by atoms with E-state index in [2.05, 4.69) is 28.2 Å². The molecular formula is C16H21BrFNO.